The summed E-state index contributed by atoms with van der Waals surface area (Å²) < 4.78 is 15.6. The van der Waals surface area contributed by atoms with E-state index in [9.17, 15) is 14.0 Å². The van der Waals surface area contributed by atoms with Crippen LogP contribution in [0.15, 0.2) is 65.1 Å². The van der Waals surface area contributed by atoms with Gasteiger partial charge in [-0.05, 0) is 19.1 Å². The SMILES string of the molecule is Cc1[nH]c2ccccc2c1C(=O)C(=O)N=c1sccn1Cc1ccccc1F. The van der Waals surface area contributed by atoms with Crippen LogP contribution in [-0.4, -0.2) is 21.2 Å². The van der Waals surface area contributed by atoms with E-state index in [0.29, 0.717) is 27.0 Å². The largest absolute Gasteiger partial charge is 0.358 e. The number of aromatic nitrogens is 2. The van der Waals surface area contributed by atoms with Crippen molar-refractivity contribution in [3.63, 3.8) is 0 Å². The summed E-state index contributed by atoms with van der Waals surface area (Å²) in [5.74, 6) is -1.85. The molecule has 0 unspecified atom stereocenters. The van der Waals surface area contributed by atoms with Crippen molar-refractivity contribution < 1.29 is 14.0 Å². The molecule has 4 aromatic rings. The Balaban J connectivity index is 1.67. The Morgan fingerprint density at radius 3 is 2.71 bits per heavy atom. The van der Waals surface area contributed by atoms with Gasteiger partial charge in [0.2, 0.25) is 0 Å². The molecule has 2 aromatic heterocycles. The maximum Gasteiger partial charge on any atom is 0.320 e. The van der Waals surface area contributed by atoms with Gasteiger partial charge in [-0.25, -0.2) is 4.39 Å². The lowest BCUT2D eigenvalue weighted by Gasteiger charge is -2.04. The fourth-order valence-corrected chi connectivity index (χ4v) is 3.86. The maximum atomic E-state index is 13.9. The topological polar surface area (TPSA) is 67.2 Å². The average Bonchev–Trinajstić information content (AvgIpc) is 3.26. The Morgan fingerprint density at radius 2 is 1.89 bits per heavy atom. The molecule has 0 aliphatic heterocycles. The van der Waals surface area contributed by atoms with Gasteiger partial charge in [-0.2, -0.15) is 4.99 Å². The monoisotopic (exact) mass is 393 g/mol. The maximum absolute atomic E-state index is 13.9. The minimum Gasteiger partial charge on any atom is -0.358 e. The van der Waals surface area contributed by atoms with Crippen molar-refractivity contribution >= 4 is 33.9 Å². The number of halogens is 1. The molecule has 4 rings (SSSR count). The van der Waals surface area contributed by atoms with Crippen LogP contribution in [0.4, 0.5) is 4.39 Å². The number of para-hydroxylation sites is 1. The highest BCUT2D eigenvalue weighted by Gasteiger charge is 2.22. The molecule has 0 aliphatic carbocycles. The summed E-state index contributed by atoms with van der Waals surface area (Å²) in [7, 11) is 0. The second-order valence-electron chi connectivity index (χ2n) is 6.32. The van der Waals surface area contributed by atoms with Crippen molar-refractivity contribution in [2.45, 2.75) is 13.5 Å². The summed E-state index contributed by atoms with van der Waals surface area (Å²) in [6.45, 7) is 1.98. The smallest absolute Gasteiger partial charge is 0.320 e. The number of thiazole rings is 1. The van der Waals surface area contributed by atoms with Crippen LogP contribution in [0, 0.1) is 12.7 Å². The lowest BCUT2D eigenvalue weighted by atomic mass is 10.1. The van der Waals surface area contributed by atoms with Crippen molar-refractivity contribution in [2.24, 2.45) is 4.99 Å². The number of nitrogens with one attached hydrogen (secondary N) is 1. The van der Waals surface area contributed by atoms with Gasteiger partial charge in [-0.3, -0.25) is 9.59 Å². The molecule has 0 spiro atoms. The molecule has 0 radical (unpaired) electrons. The number of nitrogens with zero attached hydrogens (tertiary/aromatic N) is 2. The third kappa shape index (κ3) is 3.32. The third-order valence-corrected chi connectivity index (χ3v) is 5.26. The molecule has 2 heterocycles. The summed E-state index contributed by atoms with van der Waals surface area (Å²) >= 11 is 1.22. The highest BCUT2D eigenvalue weighted by Crippen LogP contribution is 2.22. The Hall–Kier alpha value is -3.32. The molecule has 0 bridgehead atoms. The van der Waals surface area contributed by atoms with Gasteiger partial charge in [0.25, 0.3) is 5.78 Å². The van der Waals surface area contributed by atoms with Gasteiger partial charge in [0.1, 0.15) is 5.82 Å². The number of aryl methyl sites for hydroxylation is 1. The number of carbonyl (C=O) groups is 2. The summed E-state index contributed by atoms with van der Waals surface area (Å²) in [6, 6.07) is 13.7. The first-order chi connectivity index (χ1) is 13.5. The highest BCUT2D eigenvalue weighted by molar-refractivity contribution is 7.07. The zero-order chi connectivity index (χ0) is 19.7. The third-order valence-electron chi connectivity index (χ3n) is 4.47. The number of ketones is 1. The number of fused-ring (bicyclic) bond motifs is 1. The number of hydrogen-bond donors (Lipinski definition) is 1. The van der Waals surface area contributed by atoms with Crippen molar-refractivity contribution in [2.75, 3.05) is 0 Å². The van der Waals surface area contributed by atoms with Crippen LogP contribution in [0.25, 0.3) is 10.9 Å². The summed E-state index contributed by atoms with van der Waals surface area (Å²) in [5.41, 5.74) is 2.23. The van der Waals surface area contributed by atoms with E-state index in [1.165, 1.54) is 17.4 Å². The molecule has 2 aromatic carbocycles. The lowest BCUT2D eigenvalue weighted by Crippen LogP contribution is -2.21. The highest BCUT2D eigenvalue weighted by atomic mass is 32.1. The predicted molar refractivity (Wildman–Crippen MR) is 106 cm³/mol. The summed E-state index contributed by atoms with van der Waals surface area (Å²) in [4.78, 5) is 32.8. The first-order valence-electron chi connectivity index (χ1n) is 8.62. The zero-order valence-corrected chi connectivity index (χ0v) is 15.8. The van der Waals surface area contributed by atoms with Crippen LogP contribution in [0.1, 0.15) is 21.6 Å². The van der Waals surface area contributed by atoms with E-state index in [4.69, 9.17) is 0 Å². The number of amides is 1. The lowest BCUT2D eigenvalue weighted by molar-refractivity contribution is -0.114. The molecule has 0 fully saturated rings. The van der Waals surface area contributed by atoms with Gasteiger partial charge in [0.05, 0.1) is 12.1 Å². The number of rotatable bonds is 4. The number of benzene rings is 2. The summed E-state index contributed by atoms with van der Waals surface area (Å²) in [6.07, 6.45) is 1.71. The average molecular weight is 393 g/mol. The van der Waals surface area contributed by atoms with Gasteiger partial charge in [0.15, 0.2) is 4.80 Å². The van der Waals surface area contributed by atoms with Gasteiger partial charge < -0.3 is 9.55 Å². The number of aromatic amines is 1. The van der Waals surface area contributed by atoms with E-state index >= 15 is 0 Å². The number of Topliss-reactive ketones (excluding diaryl/α,β-unsaturated/α-hetero) is 1. The Kier molecular flexibility index (Phi) is 4.75. The van der Waals surface area contributed by atoms with Gasteiger partial charge in [-0.15, -0.1) is 11.3 Å². The molecule has 7 heteroatoms. The first kappa shape index (κ1) is 18.1. The molecule has 140 valence electrons. The molecule has 5 nitrogen and oxygen atoms in total. The number of H-pyrrole nitrogens is 1. The van der Waals surface area contributed by atoms with Gasteiger partial charge in [-0.1, -0.05) is 36.4 Å². The second-order valence-corrected chi connectivity index (χ2v) is 7.19. The van der Waals surface area contributed by atoms with Crippen molar-refractivity contribution in [3.8, 4) is 0 Å². The standard InChI is InChI=1S/C21H16FN3O2S/c1-13-18(15-7-3-5-9-17(15)23-13)19(26)20(27)24-21-25(10-11-28-21)12-14-6-2-4-8-16(14)22/h2-11,23H,12H2,1H3. The van der Waals surface area contributed by atoms with Gasteiger partial charge in [0, 0.05) is 33.7 Å². The fraction of sp³-hybridized carbons (Fsp3) is 0.0952. The molecule has 0 saturated heterocycles. The fourth-order valence-electron chi connectivity index (χ4n) is 3.13. The van der Waals surface area contributed by atoms with E-state index in [0.717, 1.165) is 5.52 Å². The zero-order valence-electron chi connectivity index (χ0n) is 15.0. The Labute approximate surface area is 163 Å². The van der Waals surface area contributed by atoms with Crippen molar-refractivity contribution in [3.05, 3.63) is 87.5 Å². The minimum absolute atomic E-state index is 0.225. The molecule has 1 amide bonds. The molecule has 1 N–H and O–H groups in total. The number of carbonyl (C=O) groups excluding carboxylic acids is 2. The molecule has 0 atom stereocenters. The van der Waals surface area contributed by atoms with Crippen LogP contribution < -0.4 is 4.80 Å². The van der Waals surface area contributed by atoms with Crippen molar-refractivity contribution in [1.29, 1.82) is 0 Å². The van der Waals surface area contributed by atoms with E-state index < -0.39 is 11.7 Å². The number of hydrogen-bond acceptors (Lipinski definition) is 3. The molecule has 0 aliphatic rings. The molecular formula is C21H16FN3O2S. The minimum atomic E-state index is -0.849. The van der Waals surface area contributed by atoms with Crippen LogP contribution >= 0.6 is 11.3 Å². The van der Waals surface area contributed by atoms with Crippen LogP contribution in [0.5, 0.6) is 0 Å². The van der Waals surface area contributed by atoms with E-state index in [1.807, 2.05) is 18.2 Å². The van der Waals surface area contributed by atoms with Crippen LogP contribution in [0.3, 0.4) is 0 Å². The van der Waals surface area contributed by atoms with Gasteiger partial charge >= 0.3 is 5.91 Å². The molecular weight excluding hydrogens is 377 g/mol. The van der Waals surface area contributed by atoms with Crippen LogP contribution in [0.2, 0.25) is 0 Å². The normalized spacial score (nSPS) is 11.9. The van der Waals surface area contributed by atoms with E-state index in [-0.39, 0.29) is 12.4 Å². The first-order valence-corrected chi connectivity index (χ1v) is 9.50. The Bertz CT molecular complexity index is 1270. The van der Waals surface area contributed by atoms with Crippen molar-refractivity contribution in [1.82, 2.24) is 9.55 Å². The quantitative estimate of drug-likeness (QED) is 0.423. The van der Waals surface area contributed by atoms with E-state index in [2.05, 4.69) is 9.98 Å². The second kappa shape index (κ2) is 7.36. The van der Waals surface area contributed by atoms with E-state index in [1.54, 1.807) is 47.3 Å². The summed E-state index contributed by atoms with van der Waals surface area (Å²) in [5, 5.41) is 2.44. The molecule has 0 saturated carbocycles. The van der Waals surface area contributed by atoms with Crippen LogP contribution in [-0.2, 0) is 11.3 Å². The molecule has 28 heavy (non-hydrogen) atoms. The predicted octanol–water partition coefficient (Wildman–Crippen LogP) is 3.84. The Morgan fingerprint density at radius 1 is 1.14 bits per heavy atom.